The van der Waals surface area contributed by atoms with Crippen molar-refractivity contribution in [3.63, 3.8) is 0 Å². The summed E-state index contributed by atoms with van der Waals surface area (Å²) in [5, 5.41) is 36.1. The minimum Gasteiger partial charge on any atom is -0.477 e. The van der Waals surface area contributed by atoms with Crippen LogP contribution in [0.3, 0.4) is 0 Å². The van der Waals surface area contributed by atoms with Gasteiger partial charge in [0.1, 0.15) is 12.2 Å². The lowest BCUT2D eigenvalue weighted by atomic mass is 9.87. The van der Waals surface area contributed by atoms with Crippen LogP contribution in [0.5, 0.6) is 0 Å². The first-order valence-corrected chi connectivity index (χ1v) is 11.4. The van der Waals surface area contributed by atoms with Gasteiger partial charge in [0.05, 0.1) is 12.1 Å². The van der Waals surface area contributed by atoms with Crippen LogP contribution in [0.15, 0.2) is 54.6 Å². The lowest BCUT2D eigenvalue weighted by Crippen LogP contribution is -2.69. The Hall–Kier alpha value is -3.35. The summed E-state index contributed by atoms with van der Waals surface area (Å²) in [7, 11) is 1.11. The van der Waals surface area contributed by atoms with E-state index in [1.54, 1.807) is 24.3 Å². The molecule has 1 saturated heterocycles. The quantitative estimate of drug-likeness (QED) is 0.272. The molecule has 2 aromatic carbocycles. The number of aliphatic hydroxyl groups excluding tert-OH is 2. The minimum absolute atomic E-state index is 0.307. The highest BCUT2D eigenvalue weighted by atomic mass is 16.7. The van der Waals surface area contributed by atoms with Crippen LogP contribution in [-0.4, -0.2) is 82.9 Å². The van der Waals surface area contributed by atoms with Crippen LogP contribution >= 0.6 is 0 Å². The Bertz CT molecular complexity index is 1060. The van der Waals surface area contributed by atoms with Crippen molar-refractivity contribution in [3.05, 3.63) is 60.2 Å². The topological polar surface area (TPSA) is 180 Å². The molecule has 36 heavy (non-hydrogen) atoms. The molecule has 11 heteroatoms. The van der Waals surface area contributed by atoms with Gasteiger partial charge < -0.3 is 41.2 Å². The number of aliphatic hydroxyl groups is 2. The summed E-state index contributed by atoms with van der Waals surface area (Å²) >= 11 is 0. The number of nitrogens with two attached hydrogens (primary N) is 1. The van der Waals surface area contributed by atoms with Crippen LogP contribution in [0.1, 0.15) is 23.7 Å². The molecule has 2 aromatic rings. The van der Waals surface area contributed by atoms with Crippen molar-refractivity contribution in [2.45, 2.75) is 49.5 Å². The number of carboxylic acids is 1. The molecular formula is C25H31N3O8. The van der Waals surface area contributed by atoms with E-state index in [1.807, 2.05) is 30.3 Å². The second-order valence-electron chi connectivity index (χ2n) is 8.65. The predicted octanol–water partition coefficient (Wildman–Crippen LogP) is -0.147. The number of carbonyl (C=O) groups is 3. The third-order valence-corrected chi connectivity index (χ3v) is 6.13. The summed E-state index contributed by atoms with van der Waals surface area (Å²) in [6.07, 6.45) is -5.04. The van der Waals surface area contributed by atoms with E-state index in [9.17, 15) is 29.7 Å². The van der Waals surface area contributed by atoms with E-state index in [-0.39, 0.29) is 13.0 Å². The van der Waals surface area contributed by atoms with Gasteiger partial charge in [0, 0.05) is 38.6 Å². The number of hydrogen-bond donors (Lipinski definition) is 6. The normalized spacial score (nSPS) is 25.4. The molecule has 2 unspecified atom stereocenters. The molecule has 2 amide bonds. The van der Waals surface area contributed by atoms with Crippen molar-refractivity contribution in [2.75, 3.05) is 13.7 Å². The van der Waals surface area contributed by atoms with Gasteiger partial charge in [-0.05, 0) is 23.3 Å². The summed E-state index contributed by atoms with van der Waals surface area (Å²) in [6.45, 7) is 0.848. The highest BCUT2D eigenvalue weighted by molar-refractivity contribution is 5.94. The third-order valence-electron chi connectivity index (χ3n) is 6.13. The molecule has 7 N–H and O–H groups in total. The number of ether oxygens (including phenoxy) is 2. The van der Waals surface area contributed by atoms with E-state index in [0.717, 1.165) is 18.2 Å². The molecule has 0 spiro atoms. The fourth-order valence-corrected chi connectivity index (χ4v) is 4.17. The maximum atomic E-state index is 12.6. The largest absolute Gasteiger partial charge is 0.477 e. The Kier molecular flexibility index (Phi) is 8.77. The zero-order valence-corrected chi connectivity index (χ0v) is 20.0. The maximum absolute atomic E-state index is 12.6. The molecule has 3 rings (SSSR count). The van der Waals surface area contributed by atoms with Crippen molar-refractivity contribution in [1.82, 2.24) is 10.6 Å². The van der Waals surface area contributed by atoms with Gasteiger partial charge in [-0.15, -0.1) is 0 Å². The molecule has 0 bridgehead atoms. The summed E-state index contributed by atoms with van der Waals surface area (Å²) in [5.41, 5.74) is 8.36. The number of methoxy groups -OCH3 is 1. The molecule has 194 valence electrons. The first-order valence-electron chi connectivity index (χ1n) is 11.4. The zero-order chi connectivity index (χ0) is 26.5. The third kappa shape index (κ3) is 6.07. The molecule has 1 heterocycles. The van der Waals surface area contributed by atoms with Gasteiger partial charge in [-0.1, -0.05) is 42.5 Å². The van der Waals surface area contributed by atoms with Crippen molar-refractivity contribution >= 4 is 17.8 Å². The summed E-state index contributed by atoms with van der Waals surface area (Å²) < 4.78 is 10.6. The van der Waals surface area contributed by atoms with Gasteiger partial charge >= 0.3 is 5.97 Å². The molecule has 1 aliphatic rings. The maximum Gasteiger partial charge on any atom is 0.364 e. The molecule has 0 aliphatic carbocycles. The molecule has 6 atom stereocenters. The Morgan fingerprint density at radius 2 is 1.72 bits per heavy atom. The number of aliphatic carboxylic acids is 1. The Morgan fingerprint density at radius 3 is 2.28 bits per heavy atom. The number of carbonyl (C=O) groups excluding carboxylic acids is 2. The van der Waals surface area contributed by atoms with Crippen molar-refractivity contribution < 1.29 is 39.2 Å². The molecule has 11 nitrogen and oxygen atoms in total. The number of benzene rings is 2. The Balaban J connectivity index is 1.68. The molecule has 0 saturated carbocycles. The number of amides is 2. The highest BCUT2D eigenvalue weighted by Crippen LogP contribution is 2.32. The van der Waals surface area contributed by atoms with Crippen LogP contribution in [0.2, 0.25) is 0 Å². The Labute approximate surface area is 208 Å². The van der Waals surface area contributed by atoms with E-state index in [0.29, 0.717) is 5.56 Å². The van der Waals surface area contributed by atoms with E-state index >= 15 is 0 Å². The first kappa shape index (κ1) is 27.2. The van der Waals surface area contributed by atoms with Crippen LogP contribution in [-0.2, 0) is 19.1 Å². The van der Waals surface area contributed by atoms with Gasteiger partial charge in [-0.2, -0.15) is 0 Å². The molecule has 1 aliphatic heterocycles. The standard InChI is InChI=1S/C25H31N3O8/c1-14(29)28-20-18(26)12-25(35-2,24(33)34)36-22(20)21(31)19(30)13-27-23(32)17-10-8-16(9-11-17)15-6-4-3-5-7-15/h3-11,18-22,30-31H,12-13,26H2,1-2H3,(H,27,32)(H,28,29)(H,33,34)/t18-,19-,20?,21-,22?,25-/m1/s1. The second kappa shape index (κ2) is 11.6. The van der Waals surface area contributed by atoms with Crippen LogP contribution in [0, 0.1) is 0 Å². The lowest BCUT2D eigenvalue weighted by molar-refractivity contribution is -0.291. The fraction of sp³-hybridized carbons (Fsp3) is 0.400. The van der Waals surface area contributed by atoms with Gasteiger partial charge in [0.15, 0.2) is 0 Å². The fourth-order valence-electron chi connectivity index (χ4n) is 4.17. The van der Waals surface area contributed by atoms with Crippen molar-refractivity contribution in [3.8, 4) is 11.1 Å². The monoisotopic (exact) mass is 501 g/mol. The second-order valence-corrected chi connectivity index (χ2v) is 8.65. The molecule has 0 radical (unpaired) electrons. The lowest BCUT2D eigenvalue weighted by Gasteiger charge is -2.46. The van der Waals surface area contributed by atoms with E-state index in [2.05, 4.69) is 10.6 Å². The highest BCUT2D eigenvalue weighted by Gasteiger charge is 2.54. The van der Waals surface area contributed by atoms with Gasteiger partial charge in [0.25, 0.3) is 11.7 Å². The first-order chi connectivity index (χ1) is 17.1. The van der Waals surface area contributed by atoms with Crippen molar-refractivity contribution in [2.24, 2.45) is 5.73 Å². The van der Waals surface area contributed by atoms with Gasteiger partial charge in [0.2, 0.25) is 5.91 Å². The molecule has 0 aromatic heterocycles. The number of hydrogen-bond acceptors (Lipinski definition) is 8. The SMILES string of the molecule is CO[C@]1(C(=O)O)C[C@@H](N)C(NC(C)=O)C([C@H](O)[C@H](O)CNC(=O)c2ccc(-c3ccccc3)cc2)O1. The average Bonchev–Trinajstić information content (AvgIpc) is 2.88. The van der Waals surface area contributed by atoms with E-state index < -0.39 is 54.0 Å². The predicted molar refractivity (Wildman–Crippen MR) is 129 cm³/mol. The van der Waals surface area contributed by atoms with Gasteiger partial charge in [-0.3, -0.25) is 9.59 Å². The summed E-state index contributed by atoms with van der Waals surface area (Å²) in [6, 6.07) is 14.5. The van der Waals surface area contributed by atoms with Crippen LogP contribution in [0.4, 0.5) is 0 Å². The van der Waals surface area contributed by atoms with E-state index in [1.165, 1.54) is 6.92 Å². The average molecular weight is 502 g/mol. The number of nitrogens with one attached hydrogen (secondary N) is 2. The number of carboxylic acid groups (broad SMARTS) is 1. The smallest absolute Gasteiger partial charge is 0.364 e. The molecular weight excluding hydrogens is 470 g/mol. The molecule has 1 fully saturated rings. The van der Waals surface area contributed by atoms with Crippen LogP contribution < -0.4 is 16.4 Å². The number of rotatable bonds is 9. The van der Waals surface area contributed by atoms with Gasteiger partial charge in [-0.25, -0.2) is 4.79 Å². The van der Waals surface area contributed by atoms with Crippen molar-refractivity contribution in [1.29, 1.82) is 0 Å². The summed E-state index contributed by atoms with van der Waals surface area (Å²) in [5.74, 6) is -4.63. The Morgan fingerprint density at radius 1 is 1.11 bits per heavy atom. The van der Waals surface area contributed by atoms with E-state index in [4.69, 9.17) is 15.2 Å². The summed E-state index contributed by atoms with van der Waals surface area (Å²) in [4.78, 5) is 36.1. The van der Waals surface area contributed by atoms with Crippen LogP contribution in [0.25, 0.3) is 11.1 Å². The minimum atomic E-state index is -2.18. The zero-order valence-electron chi connectivity index (χ0n) is 20.0.